The Bertz CT molecular complexity index is 730. The third kappa shape index (κ3) is 5.01. The van der Waals surface area contributed by atoms with E-state index in [2.05, 4.69) is 4.90 Å². The Kier molecular flexibility index (Phi) is 6.71. The lowest BCUT2D eigenvalue weighted by atomic mass is 10.2. The van der Waals surface area contributed by atoms with Gasteiger partial charge in [0, 0.05) is 45.2 Å². The number of sulfonamides is 1. The predicted molar refractivity (Wildman–Crippen MR) is 100 cm³/mol. The first-order valence-corrected chi connectivity index (χ1v) is 10.3. The van der Waals surface area contributed by atoms with E-state index in [0.717, 1.165) is 19.3 Å². The number of hydrogen-bond acceptors (Lipinski definition) is 6. The van der Waals surface area contributed by atoms with Gasteiger partial charge in [0.2, 0.25) is 15.9 Å². The average molecular weight is 385 g/mol. The van der Waals surface area contributed by atoms with E-state index in [9.17, 15) is 13.2 Å². The van der Waals surface area contributed by atoms with Crippen molar-refractivity contribution in [1.29, 1.82) is 0 Å². The van der Waals surface area contributed by atoms with Crippen molar-refractivity contribution < 1.29 is 22.7 Å². The Hall–Kier alpha value is -2.00. The highest BCUT2D eigenvalue weighted by atomic mass is 32.2. The average Bonchev–Trinajstić information content (AvgIpc) is 2.61. The maximum atomic E-state index is 12.4. The third-order valence-corrected chi connectivity index (χ3v) is 5.63. The van der Waals surface area contributed by atoms with Crippen molar-refractivity contribution in [3.8, 4) is 11.5 Å². The molecule has 8 nitrogen and oxygen atoms in total. The monoisotopic (exact) mass is 385 g/mol. The molecular weight excluding hydrogens is 358 g/mol. The van der Waals surface area contributed by atoms with Crippen LogP contribution in [0.1, 0.15) is 6.42 Å². The van der Waals surface area contributed by atoms with E-state index in [0.29, 0.717) is 30.3 Å². The first kappa shape index (κ1) is 20.3. The number of hydrogen-bond donors (Lipinski definition) is 0. The first-order valence-electron chi connectivity index (χ1n) is 8.42. The molecule has 1 aromatic rings. The Balaban J connectivity index is 2.12. The van der Waals surface area contributed by atoms with E-state index in [1.807, 2.05) is 7.05 Å². The molecule has 0 atom stereocenters. The largest absolute Gasteiger partial charge is 0.493 e. The second kappa shape index (κ2) is 8.59. The quantitative estimate of drug-likeness (QED) is 0.685. The molecular formula is C17H27N3O5S. The lowest BCUT2D eigenvalue weighted by molar-refractivity contribution is -0.132. The molecule has 9 heteroatoms. The maximum Gasteiger partial charge on any atom is 0.232 e. The topological polar surface area (TPSA) is 79.4 Å². The van der Waals surface area contributed by atoms with Gasteiger partial charge >= 0.3 is 0 Å². The molecule has 0 unspecified atom stereocenters. The molecule has 2 rings (SSSR count). The van der Waals surface area contributed by atoms with Gasteiger partial charge in [-0.25, -0.2) is 8.42 Å². The molecule has 0 radical (unpaired) electrons. The fourth-order valence-electron chi connectivity index (χ4n) is 2.88. The summed E-state index contributed by atoms with van der Waals surface area (Å²) in [5.74, 6) is 0.912. The number of ether oxygens (including phenoxy) is 2. The fourth-order valence-corrected chi connectivity index (χ4v) is 3.80. The molecule has 1 fully saturated rings. The molecule has 1 saturated heterocycles. The number of likely N-dealkylation sites (N-methyl/N-ethyl adjacent to an activating group) is 1. The molecule has 26 heavy (non-hydrogen) atoms. The van der Waals surface area contributed by atoms with E-state index < -0.39 is 10.0 Å². The summed E-state index contributed by atoms with van der Waals surface area (Å²) in [6, 6.07) is 4.89. The number of piperazine rings is 1. The molecule has 146 valence electrons. The number of rotatable bonds is 7. The lowest BCUT2D eigenvalue weighted by Gasteiger charge is -2.33. The second-order valence-electron chi connectivity index (χ2n) is 6.31. The summed E-state index contributed by atoms with van der Waals surface area (Å²) in [5.41, 5.74) is 0.441. The Morgan fingerprint density at radius 1 is 1.12 bits per heavy atom. The Morgan fingerprint density at radius 3 is 2.27 bits per heavy atom. The Morgan fingerprint density at radius 2 is 1.73 bits per heavy atom. The summed E-state index contributed by atoms with van der Waals surface area (Å²) in [6.07, 6.45) is 1.26. The minimum absolute atomic E-state index is 0.0350. The highest BCUT2D eigenvalue weighted by molar-refractivity contribution is 7.92. The van der Waals surface area contributed by atoms with E-state index >= 15 is 0 Å². The Labute approximate surface area is 155 Å². The lowest BCUT2D eigenvalue weighted by Crippen LogP contribution is -2.48. The van der Waals surface area contributed by atoms with Crippen molar-refractivity contribution in [2.75, 3.05) is 64.6 Å². The van der Waals surface area contributed by atoms with E-state index in [1.54, 1.807) is 23.1 Å². The maximum absolute atomic E-state index is 12.4. The van der Waals surface area contributed by atoms with Crippen LogP contribution in [-0.2, 0) is 14.8 Å². The van der Waals surface area contributed by atoms with Gasteiger partial charge in [0.15, 0.2) is 11.5 Å². The molecule has 0 aliphatic carbocycles. The molecule has 0 saturated carbocycles. The van der Waals surface area contributed by atoms with Crippen LogP contribution in [0.15, 0.2) is 18.2 Å². The van der Waals surface area contributed by atoms with Crippen molar-refractivity contribution >= 4 is 21.6 Å². The van der Waals surface area contributed by atoms with E-state index in [1.165, 1.54) is 18.5 Å². The first-order chi connectivity index (χ1) is 12.3. The van der Waals surface area contributed by atoms with Gasteiger partial charge < -0.3 is 19.3 Å². The third-order valence-electron chi connectivity index (χ3n) is 4.44. The van der Waals surface area contributed by atoms with Gasteiger partial charge in [-0.1, -0.05) is 0 Å². The van der Waals surface area contributed by atoms with Gasteiger partial charge in [0.05, 0.1) is 26.2 Å². The summed E-state index contributed by atoms with van der Waals surface area (Å²) in [5, 5.41) is 0. The summed E-state index contributed by atoms with van der Waals surface area (Å²) in [7, 11) is 1.48. The van der Waals surface area contributed by atoms with Crippen molar-refractivity contribution in [2.24, 2.45) is 0 Å². The molecule has 0 aromatic heterocycles. The minimum Gasteiger partial charge on any atom is -0.493 e. The molecule has 1 aliphatic rings. The molecule has 1 aliphatic heterocycles. The zero-order valence-electron chi connectivity index (χ0n) is 15.8. The van der Waals surface area contributed by atoms with Gasteiger partial charge in [0.1, 0.15) is 0 Å². The zero-order chi connectivity index (χ0) is 19.3. The van der Waals surface area contributed by atoms with Crippen LogP contribution in [0, 0.1) is 0 Å². The normalized spacial score (nSPS) is 15.6. The molecule has 0 bridgehead atoms. The smallest absolute Gasteiger partial charge is 0.232 e. The summed E-state index contributed by atoms with van der Waals surface area (Å²) >= 11 is 0. The summed E-state index contributed by atoms with van der Waals surface area (Å²) in [4.78, 5) is 16.4. The minimum atomic E-state index is -3.54. The van der Waals surface area contributed by atoms with Crippen LogP contribution in [0.25, 0.3) is 0 Å². The number of carbonyl (C=O) groups is 1. The number of anilines is 1. The molecule has 1 amide bonds. The molecule has 0 spiro atoms. The van der Waals surface area contributed by atoms with Gasteiger partial charge in [-0.3, -0.25) is 9.10 Å². The van der Waals surface area contributed by atoms with Crippen molar-refractivity contribution in [1.82, 2.24) is 9.80 Å². The van der Waals surface area contributed by atoms with Gasteiger partial charge in [-0.05, 0) is 19.2 Å². The number of carbonyl (C=O) groups excluding carboxylic acids is 1. The van der Waals surface area contributed by atoms with Crippen LogP contribution in [0.2, 0.25) is 0 Å². The SMILES string of the molecule is COc1ccc(N(CCC(=O)N2CCN(C)CC2)S(C)(=O)=O)cc1OC. The number of nitrogens with zero attached hydrogens (tertiary/aromatic N) is 3. The predicted octanol–water partition coefficient (Wildman–Crippen LogP) is 0.634. The number of amides is 1. The van der Waals surface area contributed by atoms with Crippen LogP contribution in [0.4, 0.5) is 5.69 Å². The van der Waals surface area contributed by atoms with E-state index in [4.69, 9.17) is 9.47 Å². The van der Waals surface area contributed by atoms with Crippen molar-refractivity contribution in [3.63, 3.8) is 0 Å². The van der Waals surface area contributed by atoms with E-state index in [-0.39, 0.29) is 18.9 Å². The van der Waals surface area contributed by atoms with Gasteiger partial charge in [-0.2, -0.15) is 0 Å². The van der Waals surface area contributed by atoms with Crippen molar-refractivity contribution in [2.45, 2.75) is 6.42 Å². The molecule has 0 N–H and O–H groups in total. The van der Waals surface area contributed by atoms with Crippen LogP contribution in [-0.4, -0.2) is 84.4 Å². The fraction of sp³-hybridized carbons (Fsp3) is 0.588. The van der Waals surface area contributed by atoms with Crippen molar-refractivity contribution in [3.05, 3.63) is 18.2 Å². The van der Waals surface area contributed by atoms with Crippen LogP contribution < -0.4 is 13.8 Å². The summed E-state index contributed by atoms with van der Waals surface area (Å²) in [6.45, 7) is 3.09. The highest BCUT2D eigenvalue weighted by Crippen LogP contribution is 2.32. The number of benzene rings is 1. The number of methoxy groups -OCH3 is 2. The highest BCUT2D eigenvalue weighted by Gasteiger charge is 2.23. The van der Waals surface area contributed by atoms with Gasteiger partial charge in [-0.15, -0.1) is 0 Å². The zero-order valence-corrected chi connectivity index (χ0v) is 16.6. The van der Waals surface area contributed by atoms with Crippen LogP contribution >= 0.6 is 0 Å². The standard InChI is InChI=1S/C17H27N3O5S/c1-18-9-11-19(12-10-18)17(21)7-8-20(26(4,22)23)14-5-6-15(24-2)16(13-14)25-3/h5-6,13H,7-12H2,1-4H3. The summed E-state index contributed by atoms with van der Waals surface area (Å²) < 4.78 is 36.1. The van der Waals surface area contributed by atoms with Crippen LogP contribution in [0.5, 0.6) is 11.5 Å². The van der Waals surface area contributed by atoms with Gasteiger partial charge in [0.25, 0.3) is 0 Å². The van der Waals surface area contributed by atoms with Crippen LogP contribution in [0.3, 0.4) is 0 Å². The molecule has 1 heterocycles. The second-order valence-corrected chi connectivity index (χ2v) is 8.22. The molecule has 1 aromatic carbocycles.